The van der Waals surface area contributed by atoms with Crippen LogP contribution in [0, 0.1) is 10.8 Å². The van der Waals surface area contributed by atoms with Crippen molar-refractivity contribution in [3.05, 3.63) is 84.1 Å². The molecule has 9 nitrogen and oxygen atoms in total. The number of nitrogens with zero attached hydrogens (tertiary/aromatic N) is 6. The van der Waals surface area contributed by atoms with Crippen LogP contribution in [0.25, 0.3) is 11.4 Å². The van der Waals surface area contributed by atoms with Gasteiger partial charge in [-0.2, -0.15) is 5.10 Å². The van der Waals surface area contributed by atoms with Crippen molar-refractivity contribution in [2.75, 3.05) is 4.90 Å². The first-order valence-corrected chi connectivity index (χ1v) is 12.1. The largest absolute Gasteiger partial charge is 0.402 e. The number of aromatic amines is 1. The molecule has 37 heavy (non-hydrogen) atoms. The number of allylic oxidation sites excluding steroid dienone is 2. The minimum atomic E-state index is -0.258. The van der Waals surface area contributed by atoms with Gasteiger partial charge in [0.1, 0.15) is 5.69 Å². The molecular weight excluding hydrogens is 462 g/mol. The lowest BCUT2D eigenvalue weighted by molar-refractivity contribution is 0.498. The first-order chi connectivity index (χ1) is 17.4. The van der Waals surface area contributed by atoms with Gasteiger partial charge < -0.3 is 5.73 Å². The Morgan fingerprint density at radius 3 is 2.16 bits per heavy atom. The maximum Gasteiger partial charge on any atom is 0.237 e. The zero-order valence-electron chi connectivity index (χ0n) is 22.1. The second kappa shape index (κ2) is 9.93. The molecule has 4 rings (SSSR count). The third-order valence-corrected chi connectivity index (χ3v) is 5.79. The molecule has 0 aliphatic carbocycles. The van der Waals surface area contributed by atoms with Gasteiger partial charge in [0, 0.05) is 34.6 Å². The Kier molecular flexibility index (Phi) is 6.89. The van der Waals surface area contributed by atoms with Crippen molar-refractivity contribution in [3.63, 3.8) is 0 Å². The van der Waals surface area contributed by atoms with E-state index < -0.39 is 0 Å². The Hall–Kier alpha value is -4.40. The Morgan fingerprint density at radius 2 is 1.54 bits per heavy atom. The fraction of sp³-hybridized carbons (Fsp3) is 0.286. The molecule has 0 radical (unpaired) electrons. The molecule has 0 saturated heterocycles. The van der Waals surface area contributed by atoms with Gasteiger partial charge in [-0.15, -0.1) is 0 Å². The molecule has 0 atom stereocenters. The van der Waals surface area contributed by atoms with Gasteiger partial charge in [-0.1, -0.05) is 59.7 Å². The van der Waals surface area contributed by atoms with Gasteiger partial charge >= 0.3 is 0 Å². The molecule has 0 unspecified atom stereocenters. The quantitative estimate of drug-likeness (QED) is 0.293. The summed E-state index contributed by atoms with van der Waals surface area (Å²) >= 11 is 0. The van der Waals surface area contributed by atoms with Crippen LogP contribution in [0.5, 0.6) is 0 Å². The Morgan fingerprint density at radius 1 is 0.892 bits per heavy atom. The molecule has 0 fully saturated rings. The number of benzene rings is 1. The van der Waals surface area contributed by atoms with Crippen LogP contribution in [0.2, 0.25) is 0 Å². The lowest BCUT2D eigenvalue weighted by Crippen LogP contribution is -2.20. The van der Waals surface area contributed by atoms with Gasteiger partial charge in [0.2, 0.25) is 11.9 Å². The molecule has 3 aromatic heterocycles. The average Bonchev–Trinajstić information content (AvgIpc) is 3.36. The van der Waals surface area contributed by atoms with Gasteiger partial charge in [0.05, 0.1) is 22.8 Å². The number of hydrogen-bond acceptors (Lipinski definition) is 8. The molecule has 4 aromatic rings. The van der Waals surface area contributed by atoms with E-state index >= 15 is 0 Å². The van der Waals surface area contributed by atoms with Gasteiger partial charge in [0.25, 0.3) is 0 Å². The summed E-state index contributed by atoms with van der Waals surface area (Å²) in [6, 6.07) is 15.2. The highest BCUT2D eigenvalue weighted by atomic mass is 15.3. The van der Waals surface area contributed by atoms with E-state index in [-0.39, 0.29) is 16.5 Å². The number of nitrogens with one attached hydrogen (secondary N) is 2. The van der Waals surface area contributed by atoms with E-state index in [4.69, 9.17) is 16.1 Å². The molecule has 0 bridgehead atoms. The van der Waals surface area contributed by atoms with Crippen molar-refractivity contribution in [1.82, 2.24) is 30.1 Å². The van der Waals surface area contributed by atoms with Crippen LogP contribution in [0.3, 0.4) is 0 Å². The summed E-state index contributed by atoms with van der Waals surface area (Å²) in [4.78, 5) is 20.3. The van der Waals surface area contributed by atoms with E-state index in [1.165, 1.54) is 0 Å². The van der Waals surface area contributed by atoms with Crippen molar-refractivity contribution in [3.8, 4) is 11.4 Å². The van der Waals surface area contributed by atoms with Crippen LogP contribution >= 0.6 is 0 Å². The summed E-state index contributed by atoms with van der Waals surface area (Å²) in [6.45, 7) is 12.4. The van der Waals surface area contributed by atoms with Crippen molar-refractivity contribution in [2.24, 2.45) is 11.1 Å². The SMILES string of the molecule is CC(C)(C)C(N)=CC(=N)c1ccnc(N(c2ccccc2)c2nccc(-c3cc(C(C)(C)C)[nH]n3)n2)n1. The Balaban J connectivity index is 1.78. The minimum Gasteiger partial charge on any atom is -0.402 e. The van der Waals surface area contributed by atoms with Crippen LogP contribution in [-0.4, -0.2) is 35.8 Å². The highest BCUT2D eigenvalue weighted by Gasteiger charge is 2.22. The average molecular weight is 496 g/mol. The topological polar surface area (TPSA) is 133 Å². The third kappa shape index (κ3) is 5.88. The summed E-state index contributed by atoms with van der Waals surface area (Å²) in [5.74, 6) is 0.725. The summed E-state index contributed by atoms with van der Waals surface area (Å²) in [5, 5.41) is 16.2. The molecule has 0 saturated carbocycles. The summed E-state index contributed by atoms with van der Waals surface area (Å²) in [7, 11) is 0. The Bertz CT molecular complexity index is 1420. The first kappa shape index (κ1) is 25.7. The first-order valence-electron chi connectivity index (χ1n) is 12.1. The van der Waals surface area contributed by atoms with Crippen molar-refractivity contribution in [2.45, 2.75) is 47.0 Å². The third-order valence-electron chi connectivity index (χ3n) is 5.79. The summed E-state index contributed by atoms with van der Waals surface area (Å²) < 4.78 is 0. The number of nitrogens with two attached hydrogens (primary N) is 1. The van der Waals surface area contributed by atoms with E-state index in [9.17, 15) is 0 Å². The lowest BCUT2D eigenvalue weighted by atomic mass is 9.91. The monoisotopic (exact) mass is 495 g/mol. The predicted molar refractivity (Wildman–Crippen MR) is 147 cm³/mol. The molecule has 4 N–H and O–H groups in total. The molecule has 190 valence electrons. The number of H-pyrrole nitrogens is 1. The molecule has 0 spiro atoms. The zero-order valence-corrected chi connectivity index (χ0v) is 22.1. The normalized spacial score (nSPS) is 12.4. The highest BCUT2D eigenvalue weighted by Crippen LogP contribution is 2.31. The van der Waals surface area contributed by atoms with Gasteiger partial charge in [-0.25, -0.2) is 24.8 Å². The molecule has 3 heterocycles. The second-order valence-corrected chi connectivity index (χ2v) is 10.8. The predicted octanol–water partition coefficient (Wildman–Crippen LogP) is 5.68. The molecule has 0 aliphatic heterocycles. The highest BCUT2D eigenvalue weighted by molar-refractivity contribution is 6.05. The fourth-order valence-electron chi connectivity index (χ4n) is 3.39. The number of para-hydroxylation sites is 1. The summed E-state index contributed by atoms with van der Waals surface area (Å²) in [5.41, 5.74) is 10.3. The zero-order chi connectivity index (χ0) is 26.8. The van der Waals surface area contributed by atoms with Crippen LogP contribution in [-0.2, 0) is 5.41 Å². The van der Waals surface area contributed by atoms with E-state index in [2.05, 4.69) is 45.9 Å². The van der Waals surface area contributed by atoms with Gasteiger partial charge in [0.15, 0.2) is 0 Å². The molecule has 0 amide bonds. The van der Waals surface area contributed by atoms with Crippen molar-refractivity contribution >= 4 is 23.3 Å². The minimum absolute atomic E-state index is 0.0687. The van der Waals surface area contributed by atoms with Crippen LogP contribution in [0.4, 0.5) is 17.6 Å². The van der Waals surface area contributed by atoms with Crippen molar-refractivity contribution in [1.29, 1.82) is 5.41 Å². The Labute approximate surface area is 217 Å². The maximum absolute atomic E-state index is 8.58. The second-order valence-electron chi connectivity index (χ2n) is 10.8. The molecular formula is C28H33N9. The van der Waals surface area contributed by atoms with Gasteiger partial charge in [-0.05, 0) is 36.4 Å². The molecule has 1 aromatic carbocycles. The van der Waals surface area contributed by atoms with Crippen LogP contribution in [0.15, 0.2) is 72.7 Å². The van der Waals surface area contributed by atoms with Gasteiger partial charge in [-0.3, -0.25) is 10.5 Å². The fourth-order valence-corrected chi connectivity index (χ4v) is 3.39. The van der Waals surface area contributed by atoms with Crippen LogP contribution < -0.4 is 10.6 Å². The van der Waals surface area contributed by atoms with E-state index in [0.717, 1.165) is 17.1 Å². The van der Waals surface area contributed by atoms with Crippen LogP contribution in [0.1, 0.15) is 52.9 Å². The maximum atomic E-state index is 8.58. The number of aromatic nitrogens is 6. The van der Waals surface area contributed by atoms with E-state index in [1.807, 2.05) is 63.2 Å². The molecule has 9 heteroatoms. The summed E-state index contributed by atoms with van der Waals surface area (Å²) in [6.07, 6.45) is 4.95. The number of rotatable bonds is 6. The molecule has 0 aliphatic rings. The standard InChI is InChI=1S/C28H33N9/c1-27(2,3)23(30)16-19(29)20-12-14-31-25(33-20)37(18-10-8-7-9-11-18)26-32-15-13-21(34-26)22-17-24(36-35-22)28(4,5)6/h7-17,29H,30H2,1-6H3,(H,35,36). The van der Waals surface area contributed by atoms with E-state index in [1.54, 1.807) is 29.4 Å². The number of hydrogen-bond donors (Lipinski definition) is 3. The van der Waals surface area contributed by atoms with E-state index in [0.29, 0.717) is 29.0 Å². The smallest absolute Gasteiger partial charge is 0.237 e. The lowest BCUT2D eigenvalue weighted by Gasteiger charge is -2.21. The number of anilines is 3. The van der Waals surface area contributed by atoms with Crippen molar-refractivity contribution < 1.29 is 0 Å².